The van der Waals surface area contributed by atoms with Gasteiger partial charge in [-0.3, -0.25) is 4.68 Å². The standard InChI is InChI=1S/C21H23BrN4O3/c1-5-26-16-11-21(2,3)9-8-14(16)17(24-26)19-23-18(25-29-19)13-7-6-12(10-15(13)22)20(27)28-4/h6-7,10H,5,8-9,11H2,1-4H3. The summed E-state index contributed by atoms with van der Waals surface area (Å²) in [6.07, 6.45) is 3.04. The molecule has 0 N–H and O–H groups in total. The number of rotatable bonds is 4. The monoisotopic (exact) mass is 458 g/mol. The highest BCUT2D eigenvalue weighted by Gasteiger charge is 2.32. The number of hydrogen-bond acceptors (Lipinski definition) is 6. The third-order valence-electron chi connectivity index (χ3n) is 5.42. The van der Waals surface area contributed by atoms with Crippen LogP contribution in [0.2, 0.25) is 0 Å². The highest BCUT2D eigenvalue weighted by molar-refractivity contribution is 9.10. The molecule has 0 spiro atoms. The average Bonchev–Trinajstić information content (AvgIpc) is 3.30. The van der Waals surface area contributed by atoms with Crippen LogP contribution in [0.1, 0.15) is 48.8 Å². The first kappa shape index (κ1) is 19.8. The maximum absolute atomic E-state index is 11.7. The van der Waals surface area contributed by atoms with E-state index in [0.29, 0.717) is 21.8 Å². The Morgan fingerprint density at radius 3 is 2.86 bits per heavy atom. The van der Waals surface area contributed by atoms with Crippen LogP contribution in [-0.4, -0.2) is 33.0 Å². The Morgan fingerprint density at radius 2 is 2.17 bits per heavy atom. The van der Waals surface area contributed by atoms with E-state index in [9.17, 15) is 4.79 Å². The fourth-order valence-electron chi connectivity index (χ4n) is 3.80. The van der Waals surface area contributed by atoms with Crippen LogP contribution in [0, 0.1) is 5.41 Å². The third kappa shape index (κ3) is 3.61. The van der Waals surface area contributed by atoms with E-state index >= 15 is 0 Å². The van der Waals surface area contributed by atoms with Crippen LogP contribution in [0.4, 0.5) is 0 Å². The van der Waals surface area contributed by atoms with Crippen LogP contribution in [0.25, 0.3) is 23.0 Å². The van der Waals surface area contributed by atoms with E-state index in [2.05, 4.69) is 51.5 Å². The second kappa shape index (κ2) is 7.40. The molecule has 152 valence electrons. The summed E-state index contributed by atoms with van der Waals surface area (Å²) in [5.74, 6) is 0.469. The molecular formula is C21H23BrN4O3. The third-order valence-corrected chi connectivity index (χ3v) is 6.08. The predicted molar refractivity (Wildman–Crippen MR) is 111 cm³/mol. The summed E-state index contributed by atoms with van der Waals surface area (Å²) < 4.78 is 13.1. The fraction of sp³-hybridized carbons (Fsp3) is 0.429. The van der Waals surface area contributed by atoms with Gasteiger partial charge in [-0.1, -0.05) is 34.9 Å². The summed E-state index contributed by atoms with van der Waals surface area (Å²) in [5, 5.41) is 8.92. The van der Waals surface area contributed by atoms with Crippen molar-refractivity contribution >= 4 is 21.9 Å². The minimum Gasteiger partial charge on any atom is -0.465 e. The number of carbonyl (C=O) groups excluding carboxylic acids is 1. The Balaban J connectivity index is 1.71. The first-order valence-electron chi connectivity index (χ1n) is 9.64. The fourth-order valence-corrected chi connectivity index (χ4v) is 4.36. The lowest BCUT2D eigenvalue weighted by molar-refractivity contribution is 0.0600. The van der Waals surface area contributed by atoms with Crippen molar-refractivity contribution in [2.24, 2.45) is 5.41 Å². The van der Waals surface area contributed by atoms with E-state index in [0.717, 1.165) is 37.1 Å². The molecule has 0 saturated heterocycles. The van der Waals surface area contributed by atoms with Crippen LogP contribution in [0.5, 0.6) is 0 Å². The quantitative estimate of drug-likeness (QED) is 0.527. The number of aryl methyl sites for hydroxylation is 1. The maximum atomic E-state index is 11.7. The van der Waals surface area contributed by atoms with Crippen molar-refractivity contribution in [1.82, 2.24) is 19.9 Å². The molecule has 1 aliphatic rings. The van der Waals surface area contributed by atoms with Gasteiger partial charge < -0.3 is 9.26 Å². The summed E-state index contributed by atoms with van der Waals surface area (Å²) in [6, 6.07) is 5.14. The van der Waals surface area contributed by atoms with Gasteiger partial charge in [-0.15, -0.1) is 0 Å². The van der Waals surface area contributed by atoms with Crippen molar-refractivity contribution in [2.75, 3.05) is 7.11 Å². The van der Waals surface area contributed by atoms with Crippen molar-refractivity contribution in [1.29, 1.82) is 0 Å². The molecule has 0 atom stereocenters. The number of fused-ring (bicyclic) bond motifs is 1. The molecule has 2 heterocycles. The molecule has 1 aliphatic carbocycles. The van der Waals surface area contributed by atoms with E-state index in [4.69, 9.17) is 14.4 Å². The number of benzene rings is 1. The van der Waals surface area contributed by atoms with E-state index in [1.165, 1.54) is 18.4 Å². The molecule has 0 aliphatic heterocycles. The number of hydrogen-bond donors (Lipinski definition) is 0. The van der Waals surface area contributed by atoms with Crippen molar-refractivity contribution in [2.45, 2.75) is 46.6 Å². The molecule has 0 saturated carbocycles. The van der Waals surface area contributed by atoms with Crippen LogP contribution in [0.3, 0.4) is 0 Å². The second-order valence-corrected chi connectivity index (χ2v) is 8.89. The summed E-state index contributed by atoms with van der Waals surface area (Å²) in [5.41, 5.74) is 4.70. The largest absolute Gasteiger partial charge is 0.465 e. The summed E-state index contributed by atoms with van der Waals surface area (Å²) >= 11 is 3.49. The molecule has 7 nitrogen and oxygen atoms in total. The number of esters is 1. The number of methoxy groups -OCH3 is 1. The van der Waals surface area contributed by atoms with E-state index in [-0.39, 0.29) is 5.41 Å². The highest BCUT2D eigenvalue weighted by atomic mass is 79.9. The summed E-state index contributed by atoms with van der Waals surface area (Å²) in [4.78, 5) is 16.3. The predicted octanol–water partition coefficient (Wildman–Crippen LogP) is 4.68. The molecule has 29 heavy (non-hydrogen) atoms. The van der Waals surface area contributed by atoms with Gasteiger partial charge >= 0.3 is 5.97 Å². The lowest BCUT2D eigenvalue weighted by Gasteiger charge is -2.30. The molecule has 0 fully saturated rings. The molecule has 0 radical (unpaired) electrons. The SMILES string of the molecule is CCn1nc(-c2nc(-c3ccc(C(=O)OC)cc3Br)no2)c2c1CC(C)(C)CC2. The van der Waals surface area contributed by atoms with Gasteiger partial charge in [0.15, 0.2) is 5.69 Å². The lowest BCUT2D eigenvalue weighted by atomic mass is 9.76. The van der Waals surface area contributed by atoms with Crippen molar-refractivity contribution in [3.63, 3.8) is 0 Å². The smallest absolute Gasteiger partial charge is 0.337 e. The Morgan fingerprint density at radius 1 is 1.38 bits per heavy atom. The number of aromatic nitrogens is 4. The molecule has 8 heteroatoms. The Kier molecular flexibility index (Phi) is 5.06. The van der Waals surface area contributed by atoms with Gasteiger partial charge in [0.2, 0.25) is 5.82 Å². The molecule has 3 aromatic rings. The first-order chi connectivity index (χ1) is 13.8. The number of carbonyl (C=O) groups is 1. The number of halogens is 1. The van der Waals surface area contributed by atoms with Gasteiger partial charge in [-0.25, -0.2) is 4.79 Å². The number of ether oxygens (including phenoxy) is 1. The van der Waals surface area contributed by atoms with Crippen LogP contribution >= 0.6 is 15.9 Å². The van der Waals surface area contributed by atoms with Gasteiger partial charge in [-0.2, -0.15) is 10.1 Å². The van der Waals surface area contributed by atoms with E-state index in [1.54, 1.807) is 18.2 Å². The zero-order valence-corrected chi connectivity index (χ0v) is 18.5. The van der Waals surface area contributed by atoms with Crippen molar-refractivity contribution in [3.05, 3.63) is 39.5 Å². The van der Waals surface area contributed by atoms with Gasteiger partial charge in [-0.05, 0) is 49.8 Å². The van der Waals surface area contributed by atoms with Crippen molar-refractivity contribution in [3.8, 4) is 23.0 Å². The van der Waals surface area contributed by atoms with Crippen LogP contribution in [0.15, 0.2) is 27.2 Å². The van der Waals surface area contributed by atoms with Gasteiger partial charge in [0.1, 0.15) is 0 Å². The molecular weight excluding hydrogens is 436 g/mol. The van der Waals surface area contributed by atoms with E-state index in [1.807, 2.05) is 0 Å². The molecule has 2 aromatic heterocycles. The van der Waals surface area contributed by atoms with Crippen LogP contribution in [-0.2, 0) is 24.1 Å². The molecule has 0 bridgehead atoms. The number of nitrogens with zero attached hydrogens (tertiary/aromatic N) is 4. The van der Waals surface area contributed by atoms with Gasteiger partial charge in [0.05, 0.1) is 12.7 Å². The maximum Gasteiger partial charge on any atom is 0.337 e. The second-order valence-electron chi connectivity index (χ2n) is 8.04. The Labute approximate surface area is 177 Å². The molecule has 0 unspecified atom stereocenters. The summed E-state index contributed by atoms with van der Waals surface area (Å²) in [6.45, 7) is 7.49. The normalized spacial score (nSPS) is 15.2. The van der Waals surface area contributed by atoms with E-state index < -0.39 is 5.97 Å². The topological polar surface area (TPSA) is 83.0 Å². The molecule has 0 amide bonds. The Bertz CT molecular complexity index is 1080. The van der Waals surface area contributed by atoms with Crippen LogP contribution < -0.4 is 0 Å². The lowest BCUT2D eigenvalue weighted by Crippen LogP contribution is -2.24. The minimum atomic E-state index is -0.397. The average molecular weight is 459 g/mol. The Hall–Kier alpha value is -2.48. The highest BCUT2D eigenvalue weighted by Crippen LogP contribution is 2.39. The zero-order valence-electron chi connectivity index (χ0n) is 17.0. The molecule has 1 aromatic carbocycles. The molecule has 4 rings (SSSR count). The summed E-state index contributed by atoms with van der Waals surface area (Å²) in [7, 11) is 1.35. The van der Waals surface area contributed by atoms with Gasteiger partial charge in [0.25, 0.3) is 5.89 Å². The first-order valence-corrected chi connectivity index (χ1v) is 10.4. The van der Waals surface area contributed by atoms with Gasteiger partial charge in [0, 0.05) is 27.8 Å². The zero-order chi connectivity index (χ0) is 20.8. The minimum absolute atomic E-state index is 0.267. The van der Waals surface area contributed by atoms with Crippen molar-refractivity contribution < 1.29 is 14.1 Å².